The summed E-state index contributed by atoms with van der Waals surface area (Å²) in [5, 5.41) is 5.40. The van der Waals surface area contributed by atoms with Crippen LogP contribution in [0.2, 0.25) is 0 Å². The summed E-state index contributed by atoms with van der Waals surface area (Å²) in [5.74, 6) is -0.489. The highest BCUT2D eigenvalue weighted by Crippen LogP contribution is 1.95. The van der Waals surface area contributed by atoms with Crippen molar-refractivity contribution in [2.75, 3.05) is 6.54 Å². The Morgan fingerprint density at radius 1 is 1.17 bits per heavy atom. The number of carbonyl (C=O) groups is 2. The zero-order valence-electron chi connectivity index (χ0n) is 10.6. The number of nitrogens with zero attached hydrogens (tertiary/aromatic N) is 1. The number of pyridine rings is 1. The van der Waals surface area contributed by atoms with Gasteiger partial charge in [-0.15, -0.1) is 0 Å². The van der Waals surface area contributed by atoms with Crippen molar-refractivity contribution in [1.29, 1.82) is 0 Å². The average molecular weight is 249 g/mol. The summed E-state index contributed by atoms with van der Waals surface area (Å²) < 4.78 is 0. The Morgan fingerprint density at radius 3 is 2.50 bits per heavy atom. The van der Waals surface area contributed by atoms with Gasteiger partial charge < -0.3 is 10.6 Å². The monoisotopic (exact) mass is 249 g/mol. The largest absolute Gasteiger partial charge is 0.356 e. The predicted molar refractivity (Wildman–Crippen MR) is 68.6 cm³/mol. The minimum atomic E-state index is -0.263. The minimum absolute atomic E-state index is 0.116. The van der Waals surface area contributed by atoms with Crippen molar-refractivity contribution >= 4 is 11.8 Å². The third kappa shape index (κ3) is 5.98. The van der Waals surface area contributed by atoms with Crippen molar-refractivity contribution in [3.8, 4) is 0 Å². The Labute approximate surface area is 107 Å². The van der Waals surface area contributed by atoms with Crippen LogP contribution < -0.4 is 10.6 Å². The number of hydrogen-bond donors (Lipinski definition) is 2. The van der Waals surface area contributed by atoms with Gasteiger partial charge in [-0.2, -0.15) is 0 Å². The molecule has 0 aliphatic carbocycles. The summed E-state index contributed by atoms with van der Waals surface area (Å²) in [7, 11) is 0. The molecule has 1 rings (SSSR count). The number of hydrogen-bond acceptors (Lipinski definition) is 3. The fourth-order valence-electron chi connectivity index (χ4n) is 1.38. The van der Waals surface area contributed by atoms with Crippen LogP contribution in [0.5, 0.6) is 0 Å². The van der Waals surface area contributed by atoms with Crippen molar-refractivity contribution < 1.29 is 9.59 Å². The molecule has 0 saturated carbocycles. The number of rotatable bonds is 7. The van der Waals surface area contributed by atoms with E-state index in [2.05, 4.69) is 15.6 Å². The fraction of sp³-hybridized carbons (Fsp3) is 0.462. The van der Waals surface area contributed by atoms with Crippen LogP contribution in [0.1, 0.15) is 31.7 Å². The molecule has 0 aliphatic heterocycles. The molecule has 0 unspecified atom stereocenters. The van der Waals surface area contributed by atoms with Crippen molar-refractivity contribution in [3.63, 3.8) is 0 Å². The molecule has 0 radical (unpaired) electrons. The maximum atomic E-state index is 11.5. The number of unbranched alkanes of at least 4 members (excludes halogenated alkanes) is 1. The fourth-order valence-corrected chi connectivity index (χ4v) is 1.38. The minimum Gasteiger partial charge on any atom is -0.356 e. The molecule has 5 nitrogen and oxygen atoms in total. The first-order valence-corrected chi connectivity index (χ1v) is 6.14. The first-order chi connectivity index (χ1) is 8.72. The molecule has 0 aromatic carbocycles. The maximum Gasteiger partial charge on any atom is 0.229 e. The third-order valence-electron chi connectivity index (χ3n) is 2.41. The van der Waals surface area contributed by atoms with Gasteiger partial charge in [0.2, 0.25) is 11.8 Å². The van der Waals surface area contributed by atoms with Gasteiger partial charge in [-0.05, 0) is 24.1 Å². The number of amides is 2. The van der Waals surface area contributed by atoms with Gasteiger partial charge >= 0.3 is 0 Å². The maximum absolute atomic E-state index is 11.5. The van der Waals surface area contributed by atoms with E-state index in [-0.39, 0.29) is 18.2 Å². The van der Waals surface area contributed by atoms with Crippen LogP contribution in [0.25, 0.3) is 0 Å². The molecule has 5 heteroatoms. The van der Waals surface area contributed by atoms with Crippen molar-refractivity contribution in [2.24, 2.45) is 0 Å². The molecule has 98 valence electrons. The van der Waals surface area contributed by atoms with Gasteiger partial charge in [0.1, 0.15) is 6.42 Å². The van der Waals surface area contributed by atoms with E-state index in [0.717, 1.165) is 18.4 Å². The van der Waals surface area contributed by atoms with Gasteiger partial charge in [0, 0.05) is 25.5 Å². The van der Waals surface area contributed by atoms with Crippen LogP contribution in [0.15, 0.2) is 24.5 Å². The summed E-state index contributed by atoms with van der Waals surface area (Å²) in [6, 6.07) is 3.64. The Kier molecular flexibility index (Phi) is 6.46. The van der Waals surface area contributed by atoms with E-state index in [0.29, 0.717) is 13.1 Å². The lowest BCUT2D eigenvalue weighted by Crippen LogP contribution is -2.32. The van der Waals surface area contributed by atoms with Crippen LogP contribution in [-0.4, -0.2) is 23.3 Å². The third-order valence-corrected chi connectivity index (χ3v) is 2.41. The second kappa shape index (κ2) is 8.22. The van der Waals surface area contributed by atoms with Crippen LogP contribution in [0.4, 0.5) is 0 Å². The normalized spacial score (nSPS) is 9.83. The molecule has 0 aliphatic rings. The van der Waals surface area contributed by atoms with Crippen LogP contribution in [0, 0.1) is 0 Å². The van der Waals surface area contributed by atoms with Gasteiger partial charge in [0.25, 0.3) is 0 Å². The molecule has 1 heterocycles. The molecular weight excluding hydrogens is 230 g/mol. The van der Waals surface area contributed by atoms with E-state index in [1.807, 2.05) is 19.1 Å². The lowest BCUT2D eigenvalue weighted by Gasteiger charge is -2.06. The summed E-state index contributed by atoms with van der Waals surface area (Å²) in [5.41, 5.74) is 0.963. The highest BCUT2D eigenvalue weighted by Gasteiger charge is 2.08. The van der Waals surface area contributed by atoms with E-state index < -0.39 is 0 Å². The van der Waals surface area contributed by atoms with E-state index >= 15 is 0 Å². The highest BCUT2D eigenvalue weighted by atomic mass is 16.2. The second-order valence-electron chi connectivity index (χ2n) is 4.01. The lowest BCUT2D eigenvalue weighted by molar-refractivity contribution is -0.129. The Morgan fingerprint density at radius 2 is 1.83 bits per heavy atom. The highest BCUT2D eigenvalue weighted by molar-refractivity contribution is 5.96. The first kappa shape index (κ1) is 14.2. The molecular formula is C13H19N3O2. The molecule has 0 spiro atoms. The molecule has 2 N–H and O–H groups in total. The summed E-state index contributed by atoms with van der Waals surface area (Å²) in [6.07, 6.45) is 5.17. The van der Waals surface area contributed by atoms with E-state index in [4.69, 9.17) is 0 Å². The molecule has 18 heavy (non-hydrogen) atoms. The molecule has 1 aromatic heterocycles. The van der Waals surface area contributed by atoms with Crippen molar-refractivity contribution in [2.45, 2.75) is 32.7 Å². The van der Waals surface area contributed by atoms with Crippen LogP contribution >= 0.6 is 0 Å². The Balaban J connectivity index is 2.19. The molecule has 1 aromatic rings. The molecule has 0 atom stereocenters. The molecule has 0 saturated heterocycles. The van der Waals surface area contributed by atoms with Crippen molar-refractivity contribution in [1.82, 2.24) is 15.6 Å². The number of carbonyl (C=O) groups excluding carboxylic acids is 2. The van der Waals surface area contributed by atoms with Gasteiger partial charge in [0.05, 0.1) is 0 Å². The molecule has 0 bridgehead atoms. The second-order valence-corrected chi connectivity index (χ2v) is 4.01. The quantitative estimate of drug-likeness (QED) is 0.559. The number of aromatic nitrogens is 1. The van der Waals surface area contributed by atoms with Gasteiger partial charge in [-0.3, -0.25) is 14.6 Å². The standard InChI is InChI=1S/C13H19N3O2/c1-2-3-6-15-12(17)9-13(18)16-10-11-4-7-14-8-5-11/h4-5,7-8H,2-3,6,9-10H2,1H3,(H,15,17)(H,16,18). The van der Waals surface area contributed by atoms with E-state index in [9.17, 15) is 9.59 Å². The Bertz CT molecular complexity index is 379. The topological polar surface area (TPSA) is 71.1 Å². The first-order valence-electron chi connectivity index (χ1n) is 6.14. The van der Waals surface area contributed by atoms with Gasteiger partial charge in [-0.1, -0.05) is 13.3 Å². The van der Waals surface area contributed by atoms with E-state index in [1.54, 1.807) is 12.4 Å². The summed E-state index contributed by atoms with van der Waals surface area (Å²) in [6.45, 7) is 3.10. The smallest absolute Gasteiger partial charge is 0.229 e. The van der Waals surface area contributed by atoms with Crippen molar-refractivity contribution in [3.05, 3.63) is 30.1 Å². The van der Waals surface area contributed by atoms with Crippen LogP contribution in [0.3, 0.4) is 0 Å². The number of nitrogens with one attached hydrogen (secondary N) is 2. The lowest BCUT2D eigenvalue weighted by atomic mass is 10.2. The summed E-state index contributed by atoms with van der Waals surface area (Å²) in [4.78, 5) is 26.7. The van der Waals surface area contributed by atoms with Crippen LogP contribution in [-0.2, 0) is 16.1 Å². The zero-order valence-corrected chi connectivity index (χ0v) is 10.6. The van der Waals surface area contributed by atoms with Gasteiger partial charge in [-0.25, -0.2) is 0 Å². The molecule has 0 fully saturated rings. The summed E-state index contributed by atoms with van der Waals surface area (Å²) >= 11 is 0. The van der Waals surface area contributed by atoms with E-state index in [1.165, 1.54) is 0 Å². The molecule has 2 amide bonds. The van der Waals surface area contributed by atoms with Gasteiger partial charge in [0.15, 0.2) is 0 Å². The predicted octanol–water partition coefficient (Wildman–Crippen LogP) is 1.00. The SMILES string of the molecule is CCCCNC(=O)CC(=O)NCc1ccncc1. The Hall–Kier alpha value is -1.91. The average Bonchev–Trinajstić information content (AvgIpc) is 2.38. The zero-order chi connectivity index (χ0) is 13.2.